The topological polar surface area (TPSA) is 18.5 Å². The minimum atomic E-state index is 0.173. The molecule has 0 aliphatic heterocycles. The van der Waals surface area contributed by atoms with Gasteiger partial charge in [0.2, 0.25) is 0 Å². The minimum absolute atomic E-state index is 0.173. The molecule has 0 unspecified atom stereocenters. The van der Waals surface area contributed by atoms with E-state index < -0.39 is 0 Å². The maximum absolute atomic E-state index is 6.08. The summed E-state index contributed by atoms with van der Waals surface area (Å²) >= 11 is 4.57. The molecule has 1 aromatic rings. The zero-order valence-electron chi connectivity index (χ0n) is 13.0. The number of benzene rings is 1. The van der Waals surface area contributed by atoms with E-state index in [9.17, 15) is 0 Å². The van der Waals surface area contributed by atoms with Crippen molar-refractivity contribution >= 4 is 12.6 Å². The molecule has 1 aromatic carbocycles. The maximum Gasteiger partial charge on any atom is 0.161 e. The van der Waals surface area contributed by atoms with Gasteiger partial charge in [0.1, 0.15) is 0 Å². The molecular weight excluding hydrogens is 268 g/mol. The quantitative estimate of drug-likeness (QED) is 0.614. The normalized spacial score (nSPS) is 11.4. The summed E-state index contributed by atoms with van der Waals surface area (Å²) < 4.78 is 11.7. The first-order chi connectivity index (χ1) is 9.71. The molecule has 20 heavy (non-hydrogen) atoms. The van der Waals surface area contributed by atoms with E-state index in [2.05, 4.69) is 26.5 Å². The summed E-state index contributed by atoms with van der Waals surface area (Å²) in [6.45, 7) is 7.80. The molecule has 0 amide bonds. The van der Waals surface area contributed by atoms with Crippen molar-refractivity contribution in [2.45, 2.75) is 46.5 Å². The molecule has 1 rings (SSSR count). The SMILES string of the molecule is CCCC(CS)(CCC)COc1ccccc1OCC. The highest BCUT2D eigenvalue weighted by Crippen LogP contribution is 2.34. The van der Waals surface area contributed by atoms with Crippen LogP contribution in [0.4, 0.5) is 0 Å². The lowest BCUT2D eigenvalue weighted by Crippen LogP contribution is -2.30. The van der Waals surface area contributed by atoms with Crippen molar-refractivity contribution in [3.63, 3.8) is 0 Å². The van der Waals surface area contributed by atoms with Gasteiger partial charge in [-0.3, -0.25) is 0 Å². The molecule has 0 heterocycles. The lowest BCUT2D eigenvalue weighted by atomic mass is 9.82. The number of thiol groups is 1. The van der Waals surface area contributed by atoms with Crippen molar-refractivity contribution in [2.75, 3.05) is 19.0 Å². The fourth-order valence-electron chi connectivity index (χ4n) is 2.61. The van der Waals surface area contributed by atoms with E-state index in [0.29, 0.717) is 13.2 Å². The first-order valence-electron chi connectivity index (χ1n) is 7.66. The van der Waals surface area contributed by atoms with Crippen LogP contribution >= 0.6 is 12.6 Å². The molecule has 2 nitrogen and oxygen atoms in total. The van der Waals surface area contributed by atoms with E-state index in [1.54, 1.807) is 0 Å². The first kappa shape index (κ1) is 17.2. The highest BCUT2D eigenvalue weighted by atomic mass is 32.1. The van der Waals surface area contributed by atoms with Crippen LogP contribution in [0.15, 0.2) is 24.3 Å². The summed E-state index contributed by atoms with van der Waals surface area (Å²) in [5, 5.41) is 0. The second kappa shape index (κ2) is 9.17. The van der Waals surface area contributed by atoms with Gasteiger partial charge in [0.05, 0.1) is 13.2 Å². The average Bonchev–Trinajstić information content (AvgIpc) is 2.47. The first-order valence-corrected chi connectivity index (χ1v) is 8.30. The monoisotopic (exact) mass is 296 g/mol. The molecule has 0 fully saturated rings. The molecule has 0 aliphatic rings. The zero-order chi connectivity index (χ0) is 14.8. The van der Waals surface area contributed by atoms with Gasteiger partial charge < -0.3 is 9.47 Å². The molecule has 0 saturated carbocycles. The van der Waals surface area contributed by atoms with E-state index in [1.165, 1.54) is 0 Å². The molecule has 0 aromatic heterocycles. The number of para-hydroxylation sites is 2. The highest BCUT2D eigenvalue weighted by molar-refractivity contribution is 7.80. The molecule has 0 bridgehead atoms. The van der Waals surface area contributed by atoms with Crippen LogP contribution in [0.3, 0.4) is 0 Å². The van der Waals surface area contributed by atoms with Crippen molar-refractivity contribution in [3.8, 4) is 11.5 Å². The lowest BCUT2D eigenvalue weighted by Gasteiger charge is -2.32. The standard InChI is InChI=1S/C17H28O2S/c1-4-11-17(14-20,12-5-2)13-19-16-10-8-7-9-15(16)18-6-3/h7-10,20H,4-6,11-14H2,1-3H3. The van der Waals surface area contributed by atoms with Crippen molar-refractivity contribution in [3.05, 3.63) is 24.3 Å². The van der Waals surface area contributed by atoms with Crippen molar-refractivity contribution in [1.29, 1.82) is 0 Å². The van der Waals surface area contributed by atoms with E-state index in [-0.39, 0.29) is 5.41 Å². The largest absolute Gasteiger partial charge is 0.490 e. The molecule has 0 aliphatic carbocycles. The summed E-state index contributed by atoms with van der Waals surface area (Å²) in [7, 11) is 0. The van der Waals surface area contributed by atoms with Crippen LogP contribution in [0, 0.1) is 5.41 Å². The average molecular weight is 296 g/mol. The van der Waals surface area contributed by atoms with E-state index in [4.69, 9.17) is 9.47 Å². The van der Waals surface area contributed by atoms with E-state index in [0.717, 1.165) is 42.9 Å². The minimum Gasteiger partial charge on any atom is -0.490 e. The molecule has 0 saturated heterocycles. The predicted molar refractivity (Wildman–Crippen MR) is 89.2 cm³/mol. The number of hydrogen-bond acceptors (Lipinski definition) is 3. The summed E-state index contributed by atoms with van der Waals surface area (Å²) in [6.07, 6.45) is 4.64. The van der Waals surface area contributed by atoms with Crippen LogP contribution < -0.4 is 9.47 Å². The fraction of sp³-hybridized carbons (Fsp3) is 0.647. The van der Waals surface area contributed by atoms with Gasteiger partial charge in [-0.2, -0.15) is 12.6 Å². The Balaban J connectivity index is 2.76. The molecule has 114 valence electrons. The summed E-state index contributed by atoms with van der Waals surface area (Å²) in [4.78, 5) is 0. The van der Waals surface area contributed by atoms with Gasteiger partial charge in [-0.1, -0.05) is 38.8 Å². The van der Waals surface area contributed by atoms with Crippen molar-refractivity contribution < 1.29 is 9.47 Å². The third kappa shape index (κ3) is 4.93. The Hall–Kier alpha value is -0.830. The Morgan fingerprint density at radius 1 is 0.950 bits per heavy atom. The Labute approximate surface area is 129 Å². The Morgan fingerprint density at radius 3 is 1.95 bits per heavy atom. The van der Waals surface area contributed by atoms with Gasteiger partial charge in [0.15, 0.2) is 11.5 Å². The second-order valence-electron chi connectivity index (χ2n) is 5.33. The van der Waals surface area contributed by atoms with Gasteiger partial charge in [0.25, 0.3) is 0 Å². The van der Waals surface area contributed by atoms with Gasteiger partial charge in [-0.15, -0.1) is 0 Å². The van der Waals surface area contributed by atoms with Gasteiger partial charge in [-0.05, 0) is 37.7 Å². The molecular formula is C17H28O2S. The van der Waals surface area contributed by atoms with Crippen molar-refractivity contribution in [1.82, 2.24) is 0 Å². The number of hydrogen-bond donors (Lipinski definition) is 1. The van der Waals surface area contributed by atoms with Crippen molar-refractivity contribution in [2.24, 2.45) is 5.41 Å². The molecule has 0 spiro atoms. The molecule has 0 radical (unpaired) electrons. The number of ether oxygens (including phenoxy) is 2. The van der Waals surface area contributed by atoms with Crippen LogP contribution in [0.2, 0.25) is 0 Å². The summed E-state index contributed by atoms with van der Waals surface area (Å²) in [6, 6.07) is 7.90. The second-order valence-corrected chi connectivity index (χ2v) is 5.64. The van der Waals surface area contributed by atoms with Crippen LogP contribution in [0.1, 0.15) is 46.5 Å². The van der Waals surface area contributed by atoms with Gasteiger partial charge >= 0.3 is 0 Å². The molecule has 0 atom stereocenters. The maximum atomic E-state index is 6.08. The fourth-order valence-corrected chi connectivity index (χ4v) is 3.02. The van der Waals surface area contributed by atoms with Crippen LogP contribution in [-0.2, 0) is 0 Å². The smallest absolute Gasteiger partial charge is 0.161 e. The third-order valence-electron chi connectivity index (χ3n) is 3.58. The Bertz CT molecular complexity index is 373. The van der Waals surface area contributed by atoms with Crippen LogP contribution in [-0.4, -0.2) is 19.0 Å². The molecule has 3 heteroatoms. The van der Waals surface area contributed by atoms with E-state index >= 15 is 0 Å². The van der Waals surface area contributed by atoms with E-state index in [1.807, 2.05) is 31.2 Å². The summed E-state index contributed by atoms with van der Waals surface area (Å²) in [5.74, 6) is 2.54. The highest BCUT2D eigenvalue weighted by Gasteiger charge is 2.28. The van der Waals surface area contributed by atoms with Crippen LogP contribution in [0.5, 0.6) is 11.5 Å². The molecule has 0 N–H and O–H groups in total. The third-order valence-corrected chi connectivity index (χ3v) is 4.25. The van der Waals surface area contributed by atoms with Gasteiger partial charge in [-0.25, -0.2) is 0 Å². The van der Waals surface area contributed by atoms with Crippen LogP contribution in [0.25, 0.3) is 0 Å². The van der Waals surface area contributed by atoms with Gasteiger partial charge in [0, 0.05) is 5.41 Å². The summed E-state index contributed by atoms with van der Waals surface area (Å²) in [5.41, 5.74) is 0.173. The number of rotatable bonds is 10. The lowest BCUT2D eigenvalue weighted by molar-refractivity contribution is 0.139. The Kier molecular flexibility index (Phi) is 7.90. The predicted octanol–water partition coefficient (Wildman–Crippen LogP) is 4.98. The zero-order valence-corrected chi connectivity index (χ0v) is 13.9. The Morgan fingerprint density at radius 2 is 1.50 bits per heavy atom.